The van der Waals surface area contributed by atoms with Crippen molar-refractivity contribution in [1.82, 2.24) is 15.1 Å². The van der Waals surface area contributed by atoms with Crippen molar-refractivity contribution in [2.75, 3.05) is 26.7 Å². The third-order valence-electron chi connectivity index (χ3n) is 6.15. The summed E-state index contributed by atoms with van der Waals surface area (Å²) >= 11 is 0. The molecular formula is C25H32N4O. The van der Waals surface area contributed by atoms with Gasteiger partial charge in [-0.05, 0) is 41.9 Å². The van der Waals surface area contributed by atoms with E-state index in [0.717, 1.165) is 45.0 Å². The van der Waals surface area contributed by atoms with Crippen molar-refractivity contribution in [2.24, 2.45) is 10.9 Å². The molecule has 30 heavy (non-hydrogen) atoms. The van der Waals surface area contributed by atoms with Crippen LogP contribution in [-0.2, 0) is 24.3 Å². The van der Waals surface area contributed by atoms with Crippen LogP contribution in [0.3, 0.4) is 0 Å². The van der Waals surface area contributed by atoms with Crippen molar-refractivity contribution < 1.29 is 4.79 Å². The number of guanidine groups is 1. The van der Waals surface area contributed by atoms with E-state index in [4.69, 9.17) is 0 Å². The zero-order valence-electron chi connectivity index (χ0n) is 17.9. The van der Waals surface area contributed by atoms with Gasteiger partial charge in [0.15, 0.2) is 5.96 Å². The average molecular weight is 405 g/mol. The lowest BCUT2D eigenvalue weighted by molar-refractivity contribution is -0.128. The number of carbonyl (C=O) groups excluding carboxylic acids is 1. The van der Waals surface area contributed by atoms with E-state index in [1.165, 1.54) is 23.1 Å². The van der Waals surface area contributed by atoms with E-state index in [2.05, 4.69) is 69.8 Å². The number of rotatable bonds is 6. The topological polar surface area (TPSA) is 47.9 Å². The quantitative estimate of drug-likeness (QED) is 0.593. The van der Waals surface area contributed by atoms with Gasteiger partial charge in [0.2, 0.25) is 5.91 Å². The van der Waals surface area contributed by atoms with Gasteiger partial charge < -0.3 is 15.1 Å². The highest BCUT2D eigenvalue weighted by Gasteiger charge is 2.25. The smallest absolute Gasteiger partial charge is 0.222 e. The Morgan fingerprint density at radius 2 is 1.87 bits per heavy atom. The predicted octanol–water partition coefficient (Wildman–Crippen LogP) is 3.45. The van der Waals surface area contributed by atoms with E-state index in [1.54, 1.807) is 0 Å². The summed E-state index contributed by atoms with van der Waals surface area (Å²) in [7, 11) is 1.86. The number of likely N-dealkylation sites (tertiary alicyclic amines) is 2. The van der Waals surface area contributed by atoms with Crippen molar-refractivity contribution in [2.45, 2.75) is 38.8 Å². The normalized spacial score (nSPS) is 19.6. The lowest BCUT2D eigenvalue weighted by Gasteiger charge is -2.22. The van der Waals surface area contributed by atoms with Gasteiger partial charge in [0.1, 0.15) is 0 Å². The molecule has 1 amide bonds. The van der Waals surface area contributed by atoms with Crippen molar-refractivity contribution in [3.05, 3.63) is 71.3 Å². The molecule has 2 aliphatic heterocycles. The van der Waals surface area contributed by atoms with Crippen LogP contribution in [0.4, 0.5) is 0 Å². The summed E-state index contributed by atoms with van der Waals surface area (Å²) in [6.45, 7) is 4.44. The van der Waals surface area contributed by atoms with E-state index >= 15 is 0 Å². The van der Waals surface area contributed by atoms with Gasteiger partial charge >= 0.3 is 0 Å². The fraction of sp³-hybridized carbons (Fsp3) is 0.440. The Bertz CT molecular complexity index is 880. The van der Waals surface area contributed by atoms with E-state index in [1.807, 2.05) is 11.9 Å². The standard InChI is InChI=1S/C25H32N4O/c1-26-25(29-14-12-23(19-29)15-20-7-3-2-4-8-20)27-17-21-9-5-10-22(16-21)18-28-13-6-11-24(28)30/h2-5,7-10,16,23H,6,11-15,17-19H2,1H3,(H,26,27). The highest BCUT2D eigenvalue weighted by atomic mass is 16.2. The lowest BCUT2D eigenvalue weighted by atomic mass is 9.99. The molecule has 5 nitrogen and oxygen atoms in total. The maximum atomic E-state index is 11.9. The minimum atomic E-state index is 0.276. The van der Waals surface area contributed by atoms with Crippen molar-refractivity contribution in [1.29, 1.82) is 0 Å². The molecule has 2 aromatic rings. The summed E-state index contributed by atoms with van der Waals surface area (Å²) in [6, 6.07) is 19.3. The Hall–Kier alpha value is -2.82. The van der Waals surface area contributed by atoms with Crippen molar-refractivity contribution in [3.8, 4) is 0 Å². The second-order valence-electron chi connectivity index (χ2n) is 8.43. The number of amides is 1. The van der Waals surface area contributed by atoms with Crippen LogP contribution in [0, 0.1) is 5.92 Å². The SMILES string of the molecule is CN=C(NCc1cccc(CN2CCCC2=O)c1)N1CCC(Cc2ccccc2)C1. The first-order valence-electron chi connectivity index (χ1n) is 11.1. The molecule has 2 saturated heterocycles. The summed E-state index contributed by atoms with van der Waals surface area (Å²) in [6.07, 6.45) is 4.01. The molecule has 0 aromatic heterocycles. The number of carbonyl (C=O) groups is 1. The minimum absolute atomic E-state index is 0.276. The lowest BCUT2D eigenvalue weighted by Crippen LogP contribution is -2.39. The Kier molecular flexibility index (Phi) is 6.67. The van der Waals surface area contributed by atoms with Crippen LogP contribution in [0.5, 0.6) is 0 Å². The summed E-state index contributed by atoms with van der Waals surface area (Å²) in [4.78, 5) is 20.8. The molecule has 1 unspecified atom stereocenters. The molecular weight excluding hydrogens is 372 g/mol. The second-order valence-corrected chi connectivity index (χ2v) is 8.43. The summed E-state index contributed by atoms with van der Waals surface area (Å²) in [5.74, 6) is 1.93. The molecule has 1 N–H and O–H groups in total. The third kappa shape index (κ3) is 5.21. The van der Waals surface area contributed by atoms with Gasteiger partial charge in [0, 0.05) is 46.2 Å². The van der Waals surface area contributed by atoms with E-state index < -0.39 is 0 Å². The van der Waals surface area contributed by atoms with Gasteiger partial charge in [-0.3, -0.25) is 9.79 Å². The van der Waals surface area contributed by atoms with Crippen LogP contribution in [0.2, 0.25) is 0 Å². The van der Waals surface area contributed by atoms with Crippen LogP contribution in [-0.4, -0.2) is 48.3 Å². The fourth-order valence-corrected chi connectivity index (χ4v) is 4.58. The summed E-state index contributed by atoms with van der Waals surface area (Å²) in [5.41, 5.74) is 3.84. The van der Waals surface area contributed by atoms with E-state index in [-0.39, 0.29) is 5.91 Å². The van der Waals surface area contributed by atoms with E-state index in [0.29, 0.717) is 18.9 Å². The van der Waals surface area contributed by atoms with Crippen LogP contribution in [0.25, 0.3) is 0 Å². The molecule has 0 spiro atoms. The first-order chi connectivity index (χ1) is 14.7. The molecule has 4 rings (SSSR count). The Labute approximate surface area is 179 Å². The molecule has 2 aromatic carbocycles. The molecule has 1 atom stereocenters. The Morgan fingerprint density at radius 1 is 1.07 bits per heavy atom. The molecule has 0 radical (unpaired) electrons. The fourth-order valence-electron chi connectivity index (χ4n) is 4.58. The third-order valence-corrected chi connectivity index (χ3v) is 6.15. The largest absolute Gasteiger partial charge is 0.352 e. The Balaban J connectivity index is 1.29. The molecule has 5 heteroatoms. The van der Waals surface area contributed by atoms with Crippen LogP contribution < -0.4 is 5.32 Å². The first-order valence-corrected chi connectivity index (χ1v) is 11.1. The molecule has 0 aliphatic carbocycles. The molecule has 2 heterocycles. The summed E-state index contributed by atoms with van der Waals surface area (Å²) in [5, 5.41) is 3.54. The number of nitrogens with one attached hydrogen (secondary N) is 1. The zero-order chi connectivity index (χ0) is 20.8. The monoisotopic (exact) mass is 404 g/mol. The van der Waals surface area contributed by atoms with E-state index in [9.17, 15) is 4.79 Å². The van der Waals surface area contributed by atoms with Gasteiger partial charge in [0.05, 0.1) is 0 Å². The highest BCUT2D eigenvalue weighted by molar-refractivity contribution is 5.80. The summed E-state index contributed by atoms with van der Waals surface area (Å²) < 4.78 is 0. The molecule has 0 bridgehead atoms. The minimum Gasteiger partial charge on any atom is -0.352 e. The molecule has 2 aliphatic rings. The van der Waals surface area contributed by atoms with Gasteiger partial charge in [0.25, 0.3) is 0 Å². The van der Waals surface area contributed by atoms with Gasteiger partial charge in [-0.25, -0.2) is 0 Å². The number of nitrogens with zero attached hydrogens (tertiary/aromatic N) is 3. The number of benzene rings is 2. The molecule has 2 fully saturated rings. The predicted molar refractivity (Wildman–Crippen MR) is 121 cm³/mol. The number of aliphatic imine (C=N–C) groups is 1. The van der Waals surface area contributed by atoms with Gasteiger partial charge in [-0.1, -0.05) is 54.6 Å². The Morgan fingerprint density at radius 3 is 2.63 bits per heavy atom. The number of hydrogen-bond acceptors (Lipinski definition) is 2. The highest BCUT2D eigenvalue weighted by Crippen LogP contribution is 2.21. The average Bonchev–Trinajstić information content (AvgIpc) is 3.39. The van der Waals surface area contributed by atoms with Gasteiger partial charge in [-0.2, -0.15) is 0 Å². The van der Waals surface area contributed by atoms with Crippen molar-refractivity contribution in [3.63, 3.8) is 0 Å². The zero-order valence-corrected chi connectivity index (χ0v) is 17.9. The maximum Gasteiger partial charge on any atom is 0.222 e. The second kappa shape index (κ2) is 9.79. The van der Waals surface area contributed by atoms with Crippen LogP contribution in [0.15, 0.2) is 59.6 Å². The maximum absolute atomic E-state index is 11.9. The first kappa shape index (κ1) is 20.5. The van der Waals surface area contributed by atoms with Crippen LogP contribution >= 0.6 is 0 Å². The molecule has 158 valence electrons. The van der Waals surface area contributed by atoms with Crippen molar-refractivity contribution >= 4 is 11.9 Å². The number of hydrogen-bond donors (Lipinski definition) is 1. The van der Waals surface area contributed by atoms with Gasteiger partial charge in [-0.15, -0.1) is 0 Å². The van der Waals surface area contributed by atoms with Crippen LogP contribution in [0.1, 0.15) is 36.0 Å². The molecule has 0 saturated carbocycles.